The number of nitrogens with zero attached hydrogens (tertiary/aromatic N) is 4. The van der Waals surface area contributed by atoms with Gasteiger partial charge in [-0.3, -0.25) is 4.57 Å². The first-order chi connectivity index (χ1) is 9.54. The van der Waals surface area contributed by atoms with Crippen molar-refractivity contribution in [3.05, 3.63) is 39.1 Å². The molecule has 0 aliphatic heterocycles. The van der Waals surface area contributed by atoms with Gasteiger partial charge in [-0.25, -0.2) is 15.0 Å². The maximum absolute atomic E-state index is 6.07. The Morgan fingerprint density at radius 2 is 2.20 bits per heavy atom. The molecule has 20 heavy (non-hydrogen) atoms. The van der Waals surface area contributed by atoms with E-state index < -0.39 is 0 Å². The second kappa shape index (κ2) is 5.09. The molecule has 3 aromatic rings. The van der Waals surface area contributed by atoms with Gasteiger partial charge in [0, 0.05) is 22.2 Å². The summed E-state index contributed by atoms with van der Waals surface area (Å²) in [5, 5.41) is 2.98. The molecule has 0 amide bonds. The van der Waals surface area contributed by atoms with Gasteiger partial charge in [0.15, 0.2) is 5.65 Å². The molecule has 3 aromatic heterocycles. The molecule has 0 spiro atoms. The van der Waals surface area contributed by atoms with Gasteiger partial charge in [0.2, 0.25) is 0 Å². The Balaban J connectivity index is 2.29. The summed E-state index contributed by atoms with van der Waals surface area (Å²) in [6.07, 6.45) is 3.59. The van der Waals surface area contributed by atoms with E-state index in [1.54, 1.807) is 17.5 Å². The highest BCUT2D eigenvalue weighted by Gasteiger charge is 2.30. The molecule has 0 atom stereocenters. The van der Waals surface area contributed by atoms with Crippen molar-refractivity contribution in [2.24, 2.45) is 0 Å². The minimum Gasteiger partial charge on any atom is -0.299 e. The number of fused-ring (bicyclic) bond motifs is 1. The Bertz CT molecular complexity index is 751. The summed E-state index contributed by atoms with van der Waals surface area (Å²) in [4.78, 5) is 13.5. The second-order valence-electron chi connectivity index (χ2n) is 4.89. The standard InChI is InChI=1S/C13H12BrClN4S/c1-13(2,12-16-3-4-20-12)19-10(6-15)18-9-5-8(14)7-17-11(9)19/h3-5,7H,6H2,1-2H3. The maximum Gasteiger partial charge on any atom is 0.160 e. The molecule has 0 bridgehead atoms. The molecule has 0 saturated heterocycles. The van der Waals surface area contributed by atoms with Crippen LogP contribution in [0.4, 0.5) is 0 Å². The molecule has 0 saturated carbocycles. The molecular weight excluding hydrogens is 360 g/mol. The van der Waals surface area contributed by atoms with Crippen molar-refractivity contribution < 1.29 is 0 Å². The molecule has 0 aromatic carbocycles. The van der Waals surface area contributed by atoms with E-state index >= 15 is 0 Å². The van der Waals surface area contributed by atoms with Crippen LogP contribution in [0.2, 0.25) is 0 Å². The molecular formula is C13H12BrClN4S. The van der Waals surface area contributed by atoms with E-state index in [0.29, 0.717) is 5.88 Å². The highest BCUT2D eigenvalue weighted by Crippen LogP contribution is 2.32. The zero-order valence-corrected chi connectivity index (χ0v) is 14.1. The van der Waals surface area contributed by atoms with Crippen LogP contribution in [0.3, 0.4) is 0 Å². The third-order valence-electron chi connectivity index (χ3n) is 3.17. The lowest BCUT2D eigenvalue weighted by atomic mass is 10.1. The van der Waals surface area contributed by atoms with Crippen molar-refractivity contribution >= 4 is 50.0 Å². The van der Waals surface area contributed by atoms with Crippen molar-refractivity contribution in [1.29, 1.82) is 0 Å². The topological polar surface area (TPSA) is 43.6 Å². The lowest BCUT2D eigenvalue weighted by molar-refractivity contribution is 0.432. The summed E-state index contributed by atoms with van der Waals surface area (Å²) in [7, 11) is 0. The number of aromatic nitrogens is 4. The van der Waals surface area contributed by atoms with Gasteiger partial charge in [-0.05, 0) is 35.8 Å². The SMILES string of the molecule is CC(C)(c1nccs1)n1c(CCl)nc2cc(Br)cnc21. The summed E-state index contributed by atoms with van der Waals surface area (Å²) in [5.74, 6) is 1.13. The predicted octanol–water partition coefficient (Wildman–Crippen LogP) is 4.17. The van der Waals surface area contributed by atoms with Gasteiger partial charge >= 0.3 is 0 Å². The molecule has 0 radical (unpaired) electrons. The van der Waals surface area contributed by atoms with E-state index in [2.05, 4.69) is 49.3 Å². The molecule has 4 nitrogen and oxygen atoms in total. The number of hydrogen-bond donors (Lipinski definition) is 0. The Morgan fingerprint density at radius 1 is 1.40 bits per heavy atom. The fraction of sp³-hybridized carbons (Fsp3) is 0.308. The van der Waals surface area contributed by atoms with Gasteiger partial charge in [-0.2, -0.15) is 0 Å². The first-order valence-corrected chi connectivity index (χ1v) is 8.24. The molecule has 3 rings (SSSR count). The number of rotatable bonds is 3. The number of imidazole rings is 1. The van der Waals surface area contributed by atoms with Gasteiger partial charge in [0.1, 0.15) is 16.3 Å². The van der Waals surface area contributed by atoms with Crippen molar-refractivity contribution in [2.45, 2.75) is 25.3 Å². The fourth-order valence-corrected chi connectivity index (χ4v) is 3.54. The van der Waals surface area contributed by atoms with Crippen molar-refractivity contribution in [1.82, 2.24) is 19.5 Å². The summed E-state index contributed by atoms with van der Waals surface area (Å²) >= 11 is 11.1. The molecule has 0 fully saturated rings. The Hall–Kier alpha value is -0.980. The average molecular weight is 372 g/mol. The first kappa shape index (κ1) is 14.0. The number of halogens is 2. The number of pyridine rings is 1. The van der Waals surface area contributed by atoms with Crippen LogP contribution < -0.4 is 0 Å². The third-order valence-corrected chi connectivity index (χ3v) is 4.93. The quantitative estimate of drug-likeness (QED) is 0.649. The first-order valence-electron chi connectivity index (χ1n) is 6.03. The van der Waals surface area contributed by atoms with Gasteiger partial charge in [-0.1, -0.05) is 0 Å². The smallest absolute Gasteiger partial charge is 0.160 e. The Labute approximate surface area is 134 Å². The fourth-order valence-electron chi connectivity index (χ4n) is 2.29. The van der Waals surface area contributed by atoms with Crippen molar-refractivity contribution in [3.63, 3.8) is 0 Å². The van der Waals surface area contributed by atoms with E-state index in [-0.39, 0.29) is 5.54 Å². The highest BCUT2D eigenvalue weighted by atomic mass is 79.9. The summed E-state index contributed by atoms with van der Waals surface area (Å²) in [5.41, 5.74) is 1.32. The third kappa shape index (κ3) is 2.16. The Morgan fingerprint density at radius 3 is 2.85 bits per heavy atom. The lowest BCUT2D eigenvalue weighted by Gasteiger charge is -2.26. The molecule has 0 N–H and O–H groups in total. The van der Waals surface area contributed by atoms with Gasteiger partial charge < -0.3 is 0 Å². The zero-order valence-electron chi connectivity index (χ0n) is 11.0. The van der Waals surface area contributed by atoms with Crippen LogP contribution in [-0.2, 0) is 11.4 Å². The lowest BCUT2D eigenvalue weighted by Crippen LogP contribution is -2.29. The summed E-state index contributed by atoms with van der Waals surface area (Å²) in [6.45, 7) is 4.21. The van der Waals surface area contributed by atoms with Crippen LogP contribution in [0.15, 0.2) is 28.3 Å². The van der Waals surface area contributed by atoms with Gasteiger partial charge in [0.05, 0.1) is 11.4 Å². The van der Waals surface area contributed by atoms with Gasteiger partial charge in [-0.15, -0.1) is 22.9 Å². The number of thiazole rings is 1. The van der Waals surface area contributed by atoms with Crippen molar-refractivity contribution in [3.8, 4) is 0 Å². The van der Waals surface area contributed by atoms with Crippen LogP contribution in [-0.4, -0.2) is 19.5 Å². The van der Waals surface area contributed by atoms with E-state index in [1.165, 1.54) is 0 Å². The normalized spacial score (nSPS) is 12.2. The largest absolute Gasteiger partial charge is 0.299 e. The molecule has 0 aliphatic carbocycles. The van der Waals surface area contributed by atoms with E-state index in [0.717, 1.165) is 26.5 Å². The molecule has 104 valence electrons. The highest BCUT2D eigenvalue weighted by molar-refractivity contribution is 9.10. The molecule has 0 aliphatic rings. The monoisotopic (exact) mass is 370 g/mol. The van der Waals surface area contributed by atoms with Crippen LogP contribution in [0.5, 0.6) is 0 Å². The van der Waals surface area contributed by atoms with Crippen molar-refractivity contribution in [2.75, 3.05) is 0 Å². The maximum atomic E-state index is 6.07. The van der Waals surface area contributed by atoms with Gasteiger partial charge in [0.25, 0.3) is 0 Å². The number of hydrogen-bond acceptors (Lipinski definition) is 4. The van der Waals surface area contributed by atoms with Crippen LogP contribution in [0, 0.1) is 0 Å². The number of alkyl halides is 1. The van der Waals surface area contributed by atoms with Crippen LogP contribution >= 0.6 is 38.9 Å². The minimum atomic E-state index is -0.339. The summed E-state index contributed by atoms with van der Waals surface area (Å²) < 4.78 is 2.98. The van der Waals surface area contributed by atoms with E-state index in [1.807, 2.05) is 17.6 Å². The Kier molecular flexibility index (Phi) is 3.56. The predicted molar refractivity (Wildman–Crippen MR) is 85.3 cm³/mol. The van der Waals surface area contributed by atoms with E-state index in [4.69, 9.17) is 11.6 Å². The zero-order chi connectivity index (χ0) is 14.3. The van der Waals surface area contributed by atoms with Crippen LogP contribution in [0.1, 0.15) is 24.7 Å². The second-order valence-corrected chi connectivity index (χ2v) is 6.97. The molecule has 3 heterocycles. The molecule has 0 unspecified atom stereocenters. The minimum absolute atomic E-state index is 0.336. The van der Waals surface area contributed by atoms with E-state index in [9.17, 15) is 0 Å². The average Bonchev–Trinajstić information content (AvgIpc) is 3.05. The molecule has 7 heteroatoms. The summed E-state index contributed by atoms with van der Waals surface area (Å²) in [6, 6.07) is 1.95. The van der Waals surface area contributed by atoms with Crippen LogP contribution in [0.25, 0.3) is 11.2 Å².